The molecule has 0 radical (unpaired) electrons. The smallest absolute Gasteiger partial charge is 0.0457 e. The van der Waals surface area contributed by atoms with Gasteiger partial charge in [0, 0.05) is 33.7 Å². The Bertz CT molecular complexity index is 663. The molecule has 1 aromatic carbocycles. The van der Waals surface area contributed by atoms with Gasteiger partial charge in [-0.25, -0.2) is 0 Å². The Morgan fingerprint density at radius 3 is 3.05 bits per heavy atom. The summed E-state index contributed by atoms with van der Waals surface area (Å²) in [5, 5.41) is 5.10. The van der Waals surface area contributed by atoms with Crippen molar-refractivity contribution in [2.75, 3.05) is 6.54 Å². The van der Waals surface area contributed by atoms with Crippen LogP contribution < -0.4 is 5.32 Å². The van der Waals surface area contributed by atoms with E-state index in [9.17, 15) is 0 Å². The zero-order valence-electron chi connectivity index (χ0n) is 11.5. The van der Waals surface area contributed by atoms with Gasteiger partial charge in [-0.1, -0.05) is 28.1 Å². The van der Waals surface area contributed by atoms with E-state index in [-0.39, 0.29) is 5.54 Å². The zero-order valence-corrected chi connectivity index (χ0v) is 13.0. The van der Waals surface area contributed by atoms with Crippen LogP contribution in [-0.4, -0.2) is 17.1 Å². The van der Waals surface area contributed by atoms with E-state index in [0.717, 1.165) is 23.4 Å². The van der Waals surface area contributed by atoms with E-state index in [2.05, 4.69) is 62.8 Å². The molecule has 2 nitrogen and oxygen atoms in total. The van der Waals surface area contributed by atoms with Crippen LogP contribution in [0.15, 0.2) is 41.0 Å². The molecule has 1 aromatic heterocycles. The van der Waals surface area contributed by atoms with E-state index in [1.54, 1.807) is 0 Å². The minimum atomic E-state index is 0.254. The van der Waals surface area contributed by atoms with Crippen LogP contribution in [0.3, 0.4) is 0 Å². The minimum absolute atomic E-state index is 0.254. The third-order valence-corrected chi connectivity index (χ3v) is 5.43. The quantitative estimate of drug-likeness (QED) is 0.812. The Morgan fingerprint density at radius 2 is 2.30 bits per heavy atom. The zero-order chi connectivity index (χ0) is 13.6. The second-order valence-corrected chi connectivity index (χ2v) is 7.11. The van der Waals surface area contributed by atoms with Gasteiger partial charge in [-0.2, -0.15) is 0 Å². The van der Waals surface area contributed by atoms with Crippen LogP contribution >= 0.6 is 15.9 Å². The van der Waals surface area contributed by atoms with E-state index < -0.39 is 0 Å². The van der Waals surface area contributed by atoms with Crippen LogP contribution in [0.4, 0.5) is 0 Å². The fraction of sp³-hybridized carbons (Fsp3) is 0.412. The Hall–Kier alpha value is -1.06. The van der Waals surface area contributed by atoms with Crippen LogP contribution in [0.2, 0.25) is 0 Å². The van der Waals surface area contributed by atoms with Gasteiger partial charge in [0.2, 0.25) is 0 Å². The number of hydrogen-bond acceptors (Lipinski definition) is 1. The van der Waals surface area contributed by atoms with Gasteiger partial charge < -0.3 is 10.3 Å². The molecule has 1 saturated heterocycles. The summed E-state index contributed by atoms with van der Waals surface area (Å²) >= 11 is 3.57. The third kappa shape index (κ3) is 2.13. The first-order chi connectivity index (χ1) is 9.74. The summed E-state index contributed by atoms with van der Waals surface area (Å²) in [5.74, 6) is 0.779. The van der Waals surface area contributed by atoms with Crippen molar-refractivity contribution < 1.29 is 0 Å². The lowest BCUT2D eigenvalue weighted by atomic mass is 9.75. The fourth-order valence-electron chi connectivity index (χ4n) is 3.61. The highest BCUT2D eigenvalue weighted by Gasteiger charge is 2.35. The lowest BCUT2D eigenvalue weighted by Gasteiger charge is -2.43. The van der Waals surface area contributed by atoms with E-state index in [0.29, 0.717) is 0 Å². The summed E-state index contributed by atoms with van der Waals surface area (Å²) in [6.45, 7) is 1.16. The van der Waals surface area contributed by atoms with Crippen molar-refractivity contribution in [1.29, 1.82) is 0 Å². The average molecular weight is 331 g/mol. The monoisotopic (exact) mass is 330 g/mol. The lowest BCUT2D eigenvalue weighted by molar-refractivity contribution is 0.241. The molecule has 104 valence electrons. The second kappa shape index (κ2) is 4.74. The van der Waals surface area contributed by atoms with Gasteiger partial charge in [-0.15, -0.1) is 0 Å². The molecule has 2 bridgehead atoms. The maximum absolute atomic E-state index is 3.75. The molecular formula is C17H19BrN2. The van der Waals surface area contributed by atoms with Crippen LogP contribution in [0.1, 0.15) is 24.8 Å². The molecule has 1 aliphatic carbocycles. The molecule has 0 saturated carbocycles. The van der Waals surface area contributed by atoms with Gasteiger partial charge in [0.25, 0.3) is 0 Å². The molecule has 2 N–H and O–H groups in total. The van der Waals surface area contributed by atoms with Crippen molar-refractivity contribution in [3.8, 4) is 0 Å². The van der Waals surface area contributed by atoms with Gasteiger partial charge in [-0.05, 0) is 55.4 Å². The molecule has 1 fully saturated rings. The van der Waals surface area contributed by atoms with Crippen LogP contribution in [0.25, 0.3) is 10.9 Å². The molecule has 2 unspecified atom stereocenters. The van der Waals surface area contributed by atoms with Crippen LogP contribution in [0, 0.1) is 5.92 Å². The Labute approximate surface area is 127 Å². The van der Waals surface area contributed by atoms with Crippen molar-refractivity contribution in [1.82, 2.24) is 10.3 Å². The Balaban J connectivity index is 1.57. The minimum Gasteiger partial charge on any atom is -0.361 e. The second-order valence-electron chi connectivity index (χ2n) is 6.20. The highest BCUT2D eigenvalue weighted by molar-refractivity contribution is 9.10. The van der Waals surface area contributed by atoms with Gasteiger partial charge in [0.05, 0.1) is 0 Å². The SMILES string of the molecule is Brc1ccc2[nH]cc(CCC34C=CC(CC3)CN4)c2c1. The molecule has 5 rings (SSSR count). The summed E-state index contributed by atoms with van der Waals surface area (Å²) in [6, 6.07) is 6.46. The van der Waals surface area contributed by atoms with Gasteiger partial charge in [0.15, 0.2) is 0 Å². The normalized spacial score (nSPS) is 28.4. The molecule has 3 aliphatic rings. The van der Waals surface area contributed by atoms with Gasteiger partial charge >= 0.3 is 0 Å². The first-order valence-corrected chi connectivity index (χ1v) is 8.23. The Morgan fingerprint density at radius 1 is 1.35 bits per heavy atom. The maximum atomic E-state index is 3.75. The first kappa shape index (κ1) is 12.7. The molecule has 3 heterocycles. The van der Waals surface area contributed by atoms with E-state index >= 15 is 0 Å². The number of fused-ring (bicyclic) bond motifs is 3. The van der Waals surface area contributed by atoms with E-state index in [4.69, 9.17) is 0 Å². The van der Waals surface area contributed by atoms with Crippen molar-refractivity contribution in [3.05, 3.63) is 46.6 Å². The standard InChI is InChI=1S/C17H19BrN2/c18-14-1-2-16-15(9-14)13(11-19-16)5-8-17-6-3-12(4-7-17)10-20-17/h1-3,6,9,11-12,19-20H,4-5,7-8,10H2. The van der Waals surface area contributed by atoms with Crippen molar-refractivity contribution >= 4 is 26.8 Å². The van der Waals surface area contributed by atoms with E-state index in [1.807, 2.05) is 0 Å². The topological polar surface area (TPSA) is 27.8 Å². The number of piperidine rings is 1. The summed E-state index contributed by atoms with van der Waals surface area (Å²) < 4.78 is 1.15. The number of halogens is 1. The Kier molecular flexibility index (Phi) is 3.00. The number of nitrogens with one attached hydrogen (secondary N) is 2. The van der Waals surface area contributed by atoms with Crippen LogP contribution in [-0.2, 0) is 6.42 Å². The van der Waals surface area contributed by atoms with E-state index in [1.165, 1.54) is 35.7 Å². The van der Waals surface area contributed by atoms with Crippen LogP contribution in [0.5, 0.6) is 0 Å². The largest absolute Gasteiger partial charge is 0.361 e. The highest BCUT2D eigenvalue weighted by Crippen LogP contribution is 2.35. The number of benzene rings is 1. The lowest BCUT2D eigenvalue weighted by Crippen LogP contribution is -2.52. The third-order valence-electron chi connectivity index (χ3n) is 4.93. The molecule has 0 spiro atoms. The molecule has 2 aromatic rings. The fourth-order valence-corrected chi connectivity index (χ4v) is 3.97. The molecule has 3 heteroatoms. The van der Waals surface area contributed by atoms with Crippen molar-refractivity contribution in [2.45, 2.75) is 31.2 Å². The summed E-state index contributed by atoms with van der Waals surface area (Å²) in [4.78, 5) is 3.38. The molecular weight excluding hydrogens is 312 g/mol. The van der Waals surface area contributed by atoms with Crippen molar-refractivity contribution in [2.24, 2.45) is 5.92 Å². The number of aromatic nitrogens is 1. The maximum Gasteiger partial charge on any atom is 0.0457 e. The number of rotatable bonds is 3. The molecule has 2 atom stereocenters. The van der Waals surface area contributed by atoms with Gasteiger partial charge in [-0.3, -0.25) is 0 Å². The molecule has 2 aliphatic heterocycles. The molecule has 0 amide bonds. The van der Waals surface area contributed by atoms with Gasteiger partial charge in [0.1, 0.15) is 0 Å². The summed E-state index contributed by atoms with van der Waals surface area (Å²) in [6.07, 6.45) is 12.0. The highest BCUT2D eigenvalue weighted by atomic mass is 79.9. The number of H-pyrrole nitrogens is 1. The summed E-state index contributed by atoms with van der Waals surface area (Å²) in [7, 11) is 0. The van der Waals surface area contributed by atoms with Crippen molar-refractivity contribution in [3.63, 3.8) is 0 Å². The predicted molar refractivity (Wildman–Crippen MR) is 86.9 cm³/mol. The number of aryl methyl sites for hydroxylation is 1. The average Bonchev–Trinajstić information content (AvgIpc) is 2.89. The predicted octanol–water partition coefficient (Wildman–Crippen LogP) is 4.17. The number of aromatic amines is 1. The first-order valence-electron chi connectivity index (χ1n) is 7.44. The summed E-state index contributed by atoms with van der Waals surface area (Å²) in [5.41, 5.74) is 2.92. The number of hydrogen-bond donors (Lipinski definition) is 2. The molecule has 20 heavy (non-hydrogen) atoms.